The summed E-state index contributed by atoms with van der Waals surface area (Å²) in [5, 5.41) is 0.506. The van der Waals surface area contributed by atoms with Crippen molar-refractivity contribution in [3.63, 3.8) is 0 Å². The number of aromatic nitrogens is 1. The largest absolute Gasteiger partial charge is 0.456 e. The predicted octanol–water partition coefficient (Wildman–Crippen LogP) is 5.37. The Balaban J connectivity index is 1.93. The standard InChI is InChI=1S/C26H24F2N2O3/c1-5-18(32)12-26(7-3,33-14-31)20-10-24-25-17(13-30(24)15(4)19(20)6-2)8-16-9-21(27)22(28)11-23(16)29-25/h5,8-11,14H,1,4,6-7,12-13H2,2-3H3. The van der Waals surface area contributed by atoms with Crippen molar-refractivity contribution < 1.29 is 23.1 Å². The Morgan fingerprint density at radius 2 is 2.00 bits per heavy atom. The van der Waals surface area contributed by atoms with Crippen molar-refractivity contribution >= 4 is 28.9 Å². The topological polar surface area (TPSA) is 59.5 Å². The van der Waals surface area contributed by atoms with E-state index in [-0.39, 0.29) is 12.2 Å². The van der Waals surface area contributed by atoms with Crippen molar-refractivity contribution in [1.29, 1.82) is 0 Å². The molecule has 170 valence electrons. The Bertz CT molecular complexity index is 1280. The van der Waals surface area contributed by atoms with Crippen LogP contribution in [0, 0.1) is 11.6 Å². The summed E-state index contributed by atoms with van der Waals surface area (Å²) in [5.74, 6) is -2.14. The summed E-state index contributed by atoms with van der Waals surface area (Å²) in [4.78, 5) is 30.4. The van der Waals surface area contributed by atoms with Crippen LogP contribution in [0.5, 0.6) is 0 Å². The molecule has 0 saturated heterocycles. The third-order valence-electron chi connectivity index (χ3n) is 6.45. The zero-order chi connectivity index (χ0) is 23.9. The molecule has 2 aliphatic heterocycles. The maximum absolute atomic E-state index is 13.8. The van der Waals surface area contributed by atoms with E-state index < -0.39 is 17.2 Å². The van der Waals surface area contributed by atoms with Crippen LogP contribution in [0.2, 0.25) is 0 Å². The number of ketones is 1. The summed E-state index contributed by atoms with van der Waals surface area (Å²) in [6.07, 6.45) is 4.01. The summed E-state index contributed by atoms with van der Waals surface area (Å²) in [6, 6.07) is 4.02. The lowest BCUT2D eigenvalue weighted by atomic mass is 9.79. The molecule has 7 heteroatoms. The van der Waals surface area contributed by atoms with Gasteiger partial charge in [0, 0.05) is 28.3 Å². The molecule has 0 bridgehead atoms. The van der Waals surface area contributed by atoms with E-state index in [1.165, 1.54) is 6.08 Å². The van der Waals surface area contributed by atoms with Crippen LogP contribution in [0.1, 0.15) is 44.4 Å². The Kier molecular flexibility index (Phi) is 5.74. The van der Waals surface area contributed by atoms with Gasteiger partial charge in [0.05, 0.1) is 29.9 Å². The number of rotatable bonds is 8. The fourth-order valence-electron chi connectivity index (χ4n) is 4.71. The van der Waals surface area contributed by atoms with Gasteiger partial charge in [0.2, 0.25) is 0 Å². The minimum Gasteiger partial charge on any atom is -0.456 e. The third-order valence-corrected chi connectivity index (χ3v) is 6.45. The van der Waals surface area contributed by atoms with Gasteiger partial charge in [-0.2, -0.15) is 0 Å². The fourth-order valence-corrected chi connectivity index (χ4v) is 4.71. The molecule has 1 unspecified atom stereocenters. The van der Waals surface area contributed by atoms with Crippen LogP contribution >= 0.6 is 0 Å². The zero-order valence-electron chi connectivity index (χ0n) is 18.6. The smallest absolute Gasteiger partial charge is 0.293 e. The number of pyridine rings is 1. The van der Waals surface area contributed by atoms with Crippen molar-refractivity contribution in [2.75, 3.05) is 0 Å². The molecule has 33 heavy (non-hydrogen) atoms. The predicted molar refractivity (Wildman–Crippen MR) is 122 cm³/mol. The molecule has 0 saturated carbocycles. The van der Waals surface area contributed by atoms with Crippen LogP contribution in [-0.4, -0.2) is 27.7 Å². The van der Waals surface area contributed by atoms with Gasteiger partial charge in [0.15, 0.2) is 17.4 Å². The number of hydrogen-bond acceptors (Lipinski definition) is 5. The number of ether oxygens (including phenoxy) is 1. The van der Waals surface area contributed by atoms with Gasteiger partial charge in [0.1, 0.15) is 5.60 Å². The van der Waals surface area contributed by atoms with E-state index in [2.05, 4.69) is 18.1 Å². The van der Waals surface area contributed by atoms with Gasteiger partial charge in [-0.05, 0) is 42.7 Å². The van der Waals surface area contributed by atoms with Crippen LogP contribution < -0.4 is 0 Å². The average molecular weight is 450 g/mol. The number of carbonyl (C=O) groups excluding carboxylic acids is 2. The molecule has 0 fully saturated rings. The molecule has 1 aromatic carbocycles. The van der Waals surface area contributed by atoms with Crippen LogP contribution in [-0.2, 0) is 20.9 Å². The Hall–Kier alpha value is -3.61. The van der Waals surface area contributed by atoms with Crippen molar-refractivity contribution in [2.24, 2.45) is 0 Å². The van der Waals surface area contributed by atoms with Crippen LogP contribution in [0.3, 0.4) is 0 Å². The summed E-state index contributed by atoms with van der Waals surface area (Å²) in [6.45, 7) is 12.5. The van der Waals surface area contributed by atoms with Crippen molar-refractivity contribution in [3.8, 4) is 0 Å². The molecular weight excluding hydrogens is 426 g/mol. The molecule has 1 atom stereocenters. The quantitative estimate of drug-likeness (QED) is 0.400. The molecule has 4 rings (SSSR count). The number of hydrogen-bond donors (Lipinski definition) is 0. The van der Waals surface area contributed by atoms with Gasteiger partial charge in [-0.15, -0.1) is 0 Å². The molecule has 5 nitrogen and oxygen atoms in total. The highest BCUT2D eigenvalue weighted by atomic mass is 19.2. The minimum atomic E-state index is -1.19. The number of allylic oxidation sites excluding steroid dienone is 2. The first-order valence-electron chi connectivity index (χ1n) is 10.8. The molecule has 0 aliphatic carbocycles. The van der Waals surface area contributed by atoms with E-state index in [0.29, 0.717) is 59.4 Å². The lowest BCUT2D eigenvalue weighted by molar-refractivity contribution is -0.142. The van der Waals surface area contributed by atoms with Crippen molar-refractivity contribution in [2.45, 2.75) is 45.3 Å². The Morgan fingerprint density at radius 1 is 1.27 bits per heavy atom. The number of nitrogens with zero attached hydrogens (tertiary/aromatic N) is 2. The molecule has 0 spiro atoms. The van der Waals surface area contributed by atoms with Gasteiger partial charge >= 0.3 is 0 Å². The number of carbonyl (C=O) groups is 2. The lowest BCUT2D eigenvalue weighted by Crippen LogP contribution is -2.39. The van der Waals surface area contributed by atoms with Gasteiger partial charge < -0.3 is 9.64 Å². The second kappa shape index (κ2) is 8.39. The fraction of sp³-hybridized carbons (Fsp3) is 0.269. The number of halogens is 2. The van der Waals surface area contributed by atoms with Crippen molar-refractivity contribution in [3.05, 3.63) is 83.2 Å². The van der Waals surface area contributed by atoms with Crippen LogP contribution in [0.25, 0.3) is 16.6 Å². The minimum absolute atomic E-state index is 0.0515. The van der Waals surface area contributed by atoms with Gasteiger partial charge in [0.25, 0.3) is 6.47 Å². The highest BCUT2D eigenvalue weighted by molar-refractivity contribution is 5.91. The molecule has 1 aromatic heterocycles. The summed E-state index contributed by atoms with van der Waals surface area (Å²) in [5.41, 5.74) is 3.59. The lowest BCUT2D eigenvalue weighted by Gasteiger charge is -2.38. The highest BCUT2D eigenvalue weighted by Gasteiger charge is 2.42. The van der Waals surface area contributed by atoms with E-state index in [9.17, 15) is 18.4 Å². The Labute approximate surface area is 190 Å². The summed E-state index contributed by atoms with van der Waals surface area (Å²) >= 11 is 0. The molecule has 2 aromatic rings. The number of benzene rings is 1. The Morgan fingerprint density at radius 3 is 2.64 bits per heavy atom. The van der Waals surface area contributed by atoms with Gasteiger partial charge in [-0.1, -0.05) is 27.0 Å². The maximum Gasteiger partial charge on any atom is 0.293 e. The van der Waals surface area contributed by atoms with Crippen molar-refractivity contribution in [1.82, 2.24) is 9.88 Å². The van der Waals surface area contributed by atoms with Gasteiger partial charge in [-0.3, -0.25) is 9.59 Å². The van der Waals surface area contributed by atoms with E-state index in [0.717, 1.165) is 23.3 Å². The summed E-state index contributed by atoms with van der Waals surface area (Å²) in [7, 11) is 0. The zero-order valence-corrected chi connectivity index (χ0v) is 18.6. The SMILES string of the molecule is C=CC(=O)CC(CC)(OC=O)C1=C(CC)C(=C)N2Cc3cc4cc(F)c(F)cc4nc3C2=C1. The molecule has 0 N–H and O–H groups in total. The first-order valence-corrected chi connectivity index (χ1v) is 10.8. The second-order valence-corrected chi connectivity index (χ2v) is 8.17. The molecule has 0 radical (unpaired) electrons. The van der Waals surface area contributed by atoms with E-state index in [1.54, 1.807) is 6.07 Å². The number of fused-ring (bicyclic) bond motifs is 4. The average Bonchev–Trinajstić information content (AvgIpc) is 3.15. The van der Waals surface area contributed by atoms with E-state index in [4.69, 9.17) is 4.74 Å². The van der Waals surface area contributed by atoms with Crippen LogP contribution in [0.4, 0.5) is 8.78 Å². The van der Waals surface area contributed by atoms with E-state index in [1.807, 2.05) is 24.8 Å². The third kappa shape index (κ3) is 3.57. The van der Waals surface area contributed by atoms with E-state index >= 15 is 0 Å². The van der Waals surface area contributed by atoms with Crippen LogP contribution in [0.15, 0.2) is 60.4 Å². The van der Waals surface area contributed by atoms with Gasteiger partial charge in [-0.25, -0.2) is 13.8 Å². The highest BCUT2D eigenvalue weighted by Crippen LogP contribution is 2.47. The normalized spacial score (nSPS) is 16.8. The monoisotopic (exact) mass is 450 g/mol. The maximum atomic E-state index is 13.8. The molecule has 3 heterocycles. The molecule has 2 aliphatic rings. The summed E-state index contributed by atoms with van der Waals surface area (Å²) < 4.78 is 33.2. The first kappa shape index (κ1) is 22.6. The molecular formula is C26H24F2N2O3. The first-order chi connectivity index (χ1) is 15.8. The molecule has 0 amide bonds. The second-order valence-electron chi connectivity index (χ2n) is 8.17.